The molecule has 8 heteroatoms. The average Bonchev–Trinajstić information content (AvgIpc) is 3.29. The van der Waals surface area contributed by atoms with Crippen LogP contribution < -0.4 is 15.2 Å². The van der Waals surface area contributed by atoms with Crippen LogP contribution in [0.4, 0.5) is 0 Å². The molecule has 2 saturated carbocycles. The Balaban J connectivity index is 1.28. The highest BCUT2D eigenvalue weighted by Gasteiger charge is 2.72. The maximum atomic E-state index is 13.3. The summed E-state index contributed by atoms with van der Waals surface area (Å²) in [6, 6.07) is 16.1. The number of methoxy groups -OCH3 is 1. The SMILES string of the molecule is COc1cccc2c1OC1C(=O)CCC3(OS(=O)OCCCCCCc4ccccc4)C(C)C(N)CCC213. The van der Waals surface area contributed by atoms with Crippen molar-refractivity contribution in [3.8, 4) is 11.5 Å². The zero-order chi connectivity index (χ0) is 26.8. The van der Waals surface area contributed by atoms with Gasteiger partial charge in [0.2, 0.25) is 0 Å². The van der Waals surface area contributed by atoms with E-state index in [4.69, 9.17) is 23.6 Å². The van der Waals surface area contributed by atoms with Crippen LogP contribution in [0.25, 0.3) is 0 Å². The largest absolute Gasteiger partial charge is 0.493 e. The lowest BCUT2D eigenvalue weighted by atomic mass is 9.49. The van der Waals surface area contributed by atoms with Crippen LogP contribution in [0, 0.1) is 5.92 Å². The molecule has 6 unspecified atom stereocenters. The molecule has 2 aromatic rings. The van der Waals surface area contributed by atoms with E-state index in [-0.39, 0.29) is 24.2 Å². The van der Waals surface area contributed by atoms with Crippen LogP contribution in [0.2, 0.25) is 0 Å². The molecule has 1 spiro atoms. The number of aryl methyl sites for hydroxylation is 1. The molecule has 1 heterocycles. The summed E-state index contributed by atoms with van der Waals surface area (Å²) in [5.41, 5.74) is 7.06. The highest BCUT2D eigenvalue weighted by Crippen LogP contribution is 2.64. The molecule has 2 aliphatic carbocycles. The smallest absolute Gasteiger partial charge is 0.305 e. The lowest BCUT2D eigenvalue weighted by Gasteiger charge is -2.58. The number of rotatable bonds is 11. The van der Waals surface area contributed by atoms with E-state index in [0.29, 0.717) is 37.4 Å². The first-order valence-corrected chi connectivity index (χ1v) is 14.8. The summed E-state index contributed by atoms with van der Waals surface area (Å²) in [5.74, 6) is 1.04. The highest BCUT2D eigenvalue weighted by atomic mass is 32.2. The highest BCUT2D eigenvalue weighted by molar-refractivity contribution is 7.75. The van der Waals surface area contributed by atoms with Gasteiger partial charge in [0.05, 0.1) is 19.1 Å². The van der Waals surface area contributed by atoms with E-state index in [9.17, 15) is 9.00 Å². The Morgan fingerprint density at radius 3 is 2.63 bits per heavy atom. The van der Waals surface area contributed by atoms with E-state index in [1.54, 1.807) is 7.11 Å². The van der Waals surface area contributed by atoms with E-state index < -0.39 is 28.5 Å². The molecule has 0 radical (unpaired) electrons. The number of nitrogens with two attached hydrogens (primary N) is 1. The third-order valence-corrected chi connectivity index (χ3v) is 9.79. The lowest BCUT2D eigenvalue weighted by molar-refractivity contribution is -0.163. The molecule has 7 nitrogen and oxygen atoms in total. The summed E-state index contributed by atoms with van der Waals surface area (Å²) in [6.07, 6.45) is 6.37. The van der Waals surface area contributed by atoms with Gasteiger partial charge in [0.1, 0.15) is 5.60 Å². The van der Waals surface area contributed by atoms with Crippen molar-refractivity contribution in [2.45, 2.75) is 87.9 Å². The Hall–Kier alpha value is -2.26. The fourth-order valence-corrected chi connectivity index (χ4v) is 7.89. The van der Waals surface area contributed by atoms with E-state index in [1.165, 1.54) is 5.56 Å². The zero-order valence-electron chi connectivity index (χ0n) is 22.4. The van der Waals surface area contributed by atoms with Crippen molar-refractivity contribution < 1.29 is 26.8 Å². The van der Waals surface area contributed by atoms with Gasteiger partial charge in [-0.05, 0) is 50.2 Å². The summed E-state index contributed by atoms with van der Waals surface area (Å²) in [4.78, 5) is 13.2. The van der Waals surface area contributed by atoms with Gasteiger partial charge >= 0.3 is 11.4 Å². The lowest BCUT2D eigenvalue weighted by Crippen LogP contribution is -2.71. The van der Waals surface area contributed by atoms with Crippen LogP contribution in [0.15, 0.2) is 48.5 Å². The second-order valence-electron chi connectivity index (χ2n) is 10.9. The quantitative estimate of drug-likeness (QED) is 0.401. The summed E-state index contributed by atoms with van der Waals surface area (Å²) in [7, 11) is 1.59. The minimum absolute atomic E-state index is 0.0346. The first kappa shape index (κ1) is 27.3. The van der Waals surface area contributed by atoms with Crippen molar-refractivity contribution in [3.63, 3.8) is 0 Å². The Morgan fingerprint density at radius 1 is 1.05 bits per heavy atom. The van der Waals surface area contributed by atoms with Crippen molar-refractivity contribution in [2.24, 2.45) is 11.7 Å². The number of para-hydroxylation sites is 1. The standard InChI is InChI=1S/C30H39NO6S/c1-21-24(31)16-18-29-23-14-10-15-26(34-2)27(23)36-28(29)25(32)17-19-30(21,29)37-38(33)35-20-9-4-3-6-11-22-12-7-5-8-13-22/h5,7-8,10,12-15,21,24,28H,3-4,6,9,11,16-20,31H2,1-2H3. The van der Waals surface area contributed by atoms with Gasteiger partial charge in [-0.25, -0.2) is 0 Å². The Bertz CT molecular complexity index is 1160. The molecule has 38 heavy (non-hydrogen) atoms. The molecule has 2 N–H and O–H groups in total. The third kappa shape index (κ3) is 4.70. The molecule has 0 amide bonds. The Kier molecular flexibility index (Phi) is 8.24. The summed E-state index contributed by atoms with van der Waals surface area (Å²) in [5, 5.41) is 0. The van der Waals surface area contributed by atoms with Gasteiger partial charge in [0, 0.05) is 23.9 Å². The number of ether oxygens (including phenoxy) is 2. The molecule has 206 valence electrons. The van der Waals surface area contributed by atoms with Crippen LogP contribution in [-0.4, -0.2) is 41.5 Å². The first-order chi connectivity index (χ1) is 18.4. The molecule has 1 aliphatic heterocycles. The molecule has 2 aromatic carbocycles. The second-order valence-corrected chi connectivity index (χ2v) is 11.7. The number of fused-ring (bicyclic) bond motifs is 1. The molecule has 0 bridgehead atoms. The predicted octanol–water partition coefficient (Wildman–Crippen LogP) is 4.97. The van der Waals surface area contributed by atoms with Crippen LogP contribution in [0.3, 0.4) is 0 Å². The minimum Gasteiger partial charge on any atom is -0.493 e. The monoisotopic (exact) mass is 541 g/mol. The zero-order valence-corrected chi connectivity index (χ0v) is 23.2. The fraction of sp³-hybridized carbons (Fsp3) is 0.567. The van der Waals surface area contributed by atoms with E-state index in [2.05, 4.69) is 24.3 Å². The van der Waals surface area contributed by atoms with E-state index in [1.807, 2.05) is 31.2 Å². The molecular weight excluding hydrogens is 502 g/mol. The molecule has 2 fully saturated rings. The van der Waals surface area contributed by atoms with Gasteiger partial charge < -0.3 is 15.2 Å². The van der Waals surface area contributed by atoms with Crippen molar-refractivity contribution in [1.82, 2.24) is 0 Å². The number of benzene rings is 2. The third-order valence-electron chi connectivity index (χ3n) is 9.00. The van der Waals surface area contributed by atoms with Crippen LogP contribution in [0.5, 0.6) is 11.5 Å². The number of ketones is 1. The number of carbonyl (C=O) groups excluding carboxylic acids is 1. The van der Waals surface area contributed by atoms with Crippen molar-refractivity contribution in [3.05, 3.63) is 59.7 Å². The summed E-state index contributed by atoms with van der Waals surface area (Å²) >= 11 is -1.98. The van der Waals surface area contributed by atoms with Crippen LogP contribution in [0.1, 0.15) is 69.4 Å². The molecule has 5 rings (SSSR count). The molecule has 0 saturated heterocycles. The number of hydrogen-bond acceptors (Lipinski definition) is 7. The van der Waals surface area contributed by atoms with E-state index in [0.717, 1.165) is 37.7 Å². The number of carbonyl (C=O) groups is 1. The van der Waals surface area contributed by atoms with E-state index >= 15 is 0 Å². The van der Waals surface area contributed by atoms with Crippen LogP contribution >= 0.6 is 0 Å². The Labute approximate surface area is 228 Å². The van der Waals surface area contributed by atoms with Crippen molar-refractivity contribution >= 4 is 17.1 Å². The topological polar surface area (TPSA) is 97.1 Å². The van der Waals surface area contributed by atoms with Gasteiger partial charge in [0.15, 0.2) is 23.4 Å². The second kappa shape index (κ2) is 11.5. The maximum Gasteiger partial charge on any atom is 0.305 e. The van der Waals surface area contributed by atoms with Crippen molar-refractivity contribution in [2.75, 3.05) is 13.7 Å². The van der Waals surface area contributed by atoms with Crippen molar-refractivity contribution in [1.29, 1.82) is 0 Å². The van der Waals surface area contributed by atoms with Gasteiger partial charge in [-0.15, -0.1) is 0 Å². The number of Topliss-reactive ketones (excluding diaryl/α,β-unsaturated/α-hetero) is 1. The molecular formula is C30H39NO6S. The first-order valence-electron chi connectivity index (χ1n) is 13.8. The van der Waals surface area contributed by atoms with Gasteiger partial charge in [0.25, 0.3) is 0 Å². The molecule has 6 atom stereocenters. The fourth-order valence-electron chi connectivity index (χ4n) is 6.96. The van der Waals surface area contributed by atoms with Gasteiger partial charge in [-0.1, -0.05) is 62.2 Å². The average molecular weight is 542 g/mol. The number of hydrogen-bond donors (Lipinski definition) is 1. The Morgan fingerprint density at radius 2 is 1.84 bits per heavy atom. The van der Waals surface area contributed by atoms with Crippen LogP contribution in [-0.2, 0) is 36.4 Å². The van der Waals surface area contributed by atoms with Gasteiger partial charge in [-0.2, -0.15) is 4.21 Å². The summed E-state index contributed by atoms with van der Waals surface area (Å²) in [6.45, 7) is 2.39. The summed E-state index contributed by atoms with van der Waals surface area (Å²) < 4.78 is 37.3. The molecule has 0 aromatic heterocycles. The molecule has 3 aliphatic rings. The normalized spacial score (nSPS) is 30.6. The minimum atomic E-state index is -1.98. The van der Waals surface area contributed by atoms with Gasteiger partial charge in [-0.3, -0.25) is 13.2 Å². The number of unbranched alkanes of at least 4 members (excludes halogenated alkanes) is 3. The predicted molar refractivity (Wildman–Crippen MR) is 146 cm³/mol. The maximum absolute atomic E-state index is 13.3.